The molecule has 0 aliphatic heterocycles. The van der Waals surface area contributed by atoms with Crippen LogP contribution in [0.3, 0.4) is 0 Å². The summed E-state index contributed by atoms with van der Waals surface area (Å²) in [7, 11) is 1.23. The van der Waals surface area contributed by atoms with Crippen LogP contribution >= 0.6 is 11.3 Å². The van der Waals surface area contributed by atoms with Gasteiger partial charge >= 0.3 is 5.97 Å². The van der Waals surface area contributed by atoms with E-state index in [0.717, 1.165) is 24.2 Å². The predicted molar refractivity (Wildman–Crippen MR) is 100 cm³/mol. The van der Waals surface area contributed by atoms with Crippen molar-refractivity contribution in [2.45, 2.75) is 25.7 Å². The Balaban J connectivity index is 1.91. The van der Waals surface area contributed by atoms with Gasteiger partial charge in [0.05, 0.1) is 7.11 Å². The summed E-state index contributed by atoms with van der Waals surface area (Å²) in [6, 6.07) is 5.61. The number of rotatable bonds is 5. The fourth-order valence-corrected chi connectivity index (χ4v) is 4.49. The Hall–Kier alpha value is -2.74. The Bertz CT molecular complexity index is 893. The fraction of sp³-hybridized carbons (Fsp3) is 0.350. The predicted octanol–water partition coefficient (Wildman–Crippen LogP) is 2.84. The van der Waals surface area contributed by atoms with E-state index in [1.807, 2.05) is 0 Å². The average molecular weight is 404 g/mol. The molecule has 0 saturated heterocycles. The number of amides is 1. The number of methoxy groups -OCH3 is 1. The first-order valence-corrected chi connectivity index (χ1v) is 9.77. The number of ether oxygens (including phenoxy) is 1. The molecule has 148 valence electrons. The van der Waals surface area contributed by atoms with Gasteiger partial charge in [-0.05, 0) is 30.5 Å². The van der Waals surface area contributed by atoms with Gasteiger partial charge in [-0.3, -0.25) is 4.79 Å². The van der Waals surface area contributed by atoms with E-state index < -0.39 is 35.5 Å². The number of nitrogens with one attached hydrogen (secondary N) is 1. The number of aliphatic carboxylic acids is 1. The van der Waals surface area contributed by atoms with Crippen LogP contribution in [0.15, 0.2) is 29.6 Å². The van der Waals surface area contributed by atoms with Gasteiger partial charge in [0.1, 0.15) is 16.4 Å². The lowest BCUT2D eigenvalue weighted by Gasteiger charge is -2.31. The number of thiophene rings is 1. The molecule has 0 spiro atoms. The van der Waals surface area contributed by atoms with Crippen LogP contribution in [0, 0.1) is 17.7 Å². The number of benzene rings is 1. The Kier molecular flexibility index (Phi) is 6.08. The van der Waals surface area contributed by atoms with Gasteiger partial charge in [-0.25, -0.2) is 9.18 Å². The summed E-state index contributed by atoms with van der Waals surface area (Å²) in [6.07, 6.45) is 2.35. The Labute approximate surface area is 165 Å². The number of carbonyl (C=O) groups is 3. The molecule has 1 N–H and O–H groups in total. The number of carbonyl (C=O) groups excluding carboxylic acids is 3. The highest BCUT2D eigenvalue weighted by molar-refractivity contribution is 7.15. The Morgan fingerprint density at radius 2 is 1.79 bits per heavy atom. The van der Waals surface area contributed by atoms with Crippen molar-refractivity contribution >= 4 is 34.2 Å². The van der Waals surface area contributed by atoms with Crippen LogP contribution in [-0.2, 0) is 14.3 Å². The molecule has 1 heterocycles. The van der Waals surface area contributed by atoms with Gasteiger partial charge in [-0.1, -0.05) is 25.0 Å². The number of hydrogen-bond acceptors (Lipinski definition) is 6. The van der Waals surface area contributed by atoms with Gasteiger partial charge < -0.3 is 20.0 Å². The number of anilines is 1. The second kappa shape index (κ2) is 8.52. The molecule has 2 atom stereocenters. The van der Waals surface area contributed by atoms with Crippen molar-refractivity contribution in [1.82, 2.24) is 0 Å². The van der Waals surface area contributed by atoms with Crippen molar-refractivity contribution in [3.63, 3.8) is 0 Å². The van der Waals surface area contributed by atoms with E-state index in [1.54, 1.807) is 5.38 Å². The number of carboxylic acid groups (broad SMARTS) is 1. The summed E-state index contributed by atoms with van der Waals surface area (Å²) in [5, 5.41) is 16.0. The third-order valence-electron chi connectivity index (χ3n) is 4.98. The second-order valence-corrected chi connectivity index (χ2v) is 7.54. The summed E-state index contributed by atoms with van der Waals surface area (Å²) in [6.45, 7) is 0. The van der Waals surface area contributed by atoms with Crippen LogP contribution in [0.2, 0.25) is 0 Å². The molecule has 28 heavy (non-hydrogen) atoms. The van der Waals surface area contributed by atoms with E-state index in [4.69, 9.17) is 4.74 Å². The molecule has 1 aliphatic carbocycles. The average Bonchev–Trinajstić information content (AvgIpc) is 3.11. The Morgan fingerprint density at radius 3 is 2.39 bits per heavy atom. The van der Waals surface area contributed by atoms with Gasteiger partial charge in [0, 0.05) is 28.7 Å². The van der Waals surface area contributed by atoms with Crippen molar-refractivity contribution in [2.75, 3.05) is 12.4 Å². The molecule has 0 bridgehead atoms. The van der Waals surface area contributed by atoms with Crippen LogP contribution in [0.4, 0.5) is 9.39 Å². The molecule has 1 fully saturated rings. The molecular formula is C20H19FNO5S-. The number of esters is 1. The summed E-state index contributed by atoms with van der Waals surface area (Å²) in [5.41, 5.74) is 1.27. The van der Waals surface area contributed by atoms with Crippen LogP contribution in [-0.4, -0.2) is 25.0 Å². The molecule has 1 aliphatic rings. The first-order chi connectivity index (χ1) is 13.4. The minimum absolute atomic E-state index is 0.160. The van der Waals surface area contributed by atoms with Crippen molar-refractivity contribution in [3.05, 3.63) is 41.0 Å². The highest BCUT2D eigenvalue weighted by Crippen LogP contribution is 2.38. The van der Waals surface area contributed by atoms with E-state index in [1.165, 1.54) is 31.4 Å². The van der Waals surface area contributed by atoms with E-state index in [2.05, 4.69) is 5.32 Å². The van der Waals surface area contributed by atoms with E-state index in [0.29, 0.717) is 24.0 Å². The summed E-state index contributed by atoms with van der Waals surface area (Å²) in [4.78, 5) is 36.4. The SMILES string of the molecule is COC(=O)c1c(-c2ccc(F)cc2)csc1NC(=O)[C@H]1CCCC[C@H]1C(=O)[O-]. The van der Waals surface area contributed by atoms with Crippen molar-refractivity contribution in [3.8, 4) is 11.1 Å². The third kappa shape index (κ3) is 4.06. The van der Waals surface area contributed by atoms with Crippen LogP contribution in [0.1, 0.15) is 36.0 Å². The lowest BCUT2D eigenvalue weighted by molar-refractivity contribution is -0.313. The monoisotopic (exact) mass is 404 g/mol. The number of halogens is 1. The van der Waals surface area contributed by atoms with E-state index in [-0.39, 0.29) is 10.6 Å². The second-order valence-electron chi connectivity index (χ2n) is 6.66. The van der Waals surface area contributed by atoms with Crippen LogP contribution in [0.25, 0.3) is 11.1 Å². The molecule has 0 unspecified atom stereocenters. The van der Waals surface area contributed by atoms with E-state index >= 15 is 0 Å². The first kappa shape index (κ1) is 20.0. The van der Waals surface area contributed by atoms with Gasteiger partial charge in [0.15, 0.2) is 0 Å². The zero-order valence-corrected chi connectivity index (χ0v) is 16.0. The zero-order chi connectivity index (χ0) is 20.3. The fourth-order valence-electron chi connectivity index (χ4n) is 3.53. The number of carboxylic acids is 1. The lowest BCUT2D eigenvalue weighted by Crippen LogP contribution is -2.42. The maximum Gasteiger partial charge on any atom is 0.341 e. The number of hydrogen-bond donors (Lipinski definition) is 1. The molecule has 0 radical (unpaired) electrons. The smallest absolute Gasteiger partial charge is 0.341 e. The van der Waals surface area contributed by atoms with Crippen molar-refractivity contribution in [2.24, 2.45) is 11.8 Å². The third-order valence-corrected chi connectivity index (χ3v) is 5.87. The zero-order valence-electron chi connectivity index (χ0n) is 15.2. The minimum atomic E-state index is -1.23. The summed E-state index contributed by atoms with van der Waals surface area (Å²) < 4.78 is 18.1. The van der Waals surface area contributed by atoms with Gasteiger partial charge in [0.25, 0.3) is 0 Å². The molecule has 1 aromatic carbocycles. The topological polar surface area (TPSA) is 95.5 Å². The Morgan fingerprint density at radius 1 is 1.14 bits per heavy atom. The van der Waals surface area contributed by atoms with E-state index in [9.17, 15) is 23.9 Å². The van der Waals surface area contributed by atoms with Crippen LogP contribution in [0.5, 0.6) is 0 Å². The van der Waals surface area contributed by atoms with Crippen molar-refractivity contribution < 1.29 is 28.6 Å². The van der Waals surface area contributed by atoms with Gasteiger partial charge in [-0.15, -0.1) is 11.3 Å². The molecule has 1 amide bonds. The minimum Gasteiger partial charge on any atom is -0.550 e. The van der Waals surface area contributed by atoms with Crippen LogP contribution < -0.4 is 10.4 Å². The lowest BCUT2D eigenvalue weighted by atomic mass is 9.79. The summed E-state index contributed by atoms with van der Waals surface area (Å²) >= 11 is 1.13. The molecule has 8 heteroatoms. The molecule has 2 aromatic rings. The first-order valence-electron chi connectivity index (χ1n) is 8.89. The highest BCUT2D eigenvalue weighted by Gasteiger charge is 2.33. The maximum atomic E-state index is 13.2. The molecule has 3 rings (SSSR count). The molecule has 1 aromatic heterocycles. The quantitative estimate of drug-likeness (QED) is 0.773. The normalized spacial score (nSPS) is 19.1. The largest absolute Gasteiger partial charge is 0.550 e. The molecular weight excluding hydrogens is 385 g/mol. The standard InChI is InChI=1S/C20H20FNO5S/c1-27-20(26)16-15(11-6-8-12(21)9-7-11)10-28-18(16)22-17(23)13-4-2-3-5-14(13)19(24)25/h6-10,13-14H,2-5H2,1H3,(H,22,23)(H,24,25)/p-1/t13-,14+/m0/s1. The van der Waals surface area contributed by atoms with Gasteiger partial charge in [0.2, 0.25) is 5.91 Å². The maximum absolute atomic E-state index is 13.2. The van der Waals surface area contributed by atoms with Gasteiger partial charge in [-0.2, -0.15) is 0 Å². The summed E-state index contributed by atoms with van der Waals surface area (Å²) in [5.74, 6) is -4.28. The van der Waals surface area contributed by atoms with Crippen molar-refractivity contribution in [1.29, 1.82) is 0 Å². The molecule has 6 nitrogen and oxygen atoms in total. The molecule has 1 saturated carbocycles. The highest BCUT2D eigenvalue weighted by atomic mass is 32.1.